The Hall–Kier alpha value is -1.54. The Morgan fingerprint density at radius 2 is 2.00 bits per heavy atom. The Balaban J connectivity index is 1.77. The lowest BCUT2D eigenvalue weighted by atomic mass is 10.0. The van der Waals surface area contributed by atoms with Crippen LogP contribution in [0, 0.1) is 5.92 Å². The van der Waals surface area contributed by atoms with Crippen molar-refractivity contribution < 1.29 is 5.11 Å². The Labute approximate surface area is 114 Å². The van der Waals surface area contributed by atoms with Crippen molar-refractivity contribution in [1.82, 2.24) is 5.32 Å². The molecule has 1 aliphatic rings. The number of fused-ring (bicyclic) bond motifs is 1. The van der Waals surface area contributed by atoms with Gasteiger partial charge in [-0.2, -0.15) is 0 Å². The molecule has 19 heavy (non-hydrogen) atoms. The van der Waals surface area contributed by atoms with Crippen molar-refractivity contribution in [2.24, 2.45) is 5.92 Å². The molecule has 0 radical (unpaired) electrons. The number of hydrogen-bond donors (Lipinski definition) is 2. The smallest absolute Gasteiger partial charge is 0.120 e. The quantitative estimate of drug-likeness (QED) is 0.851. The van der Waals surface area contributed by atoms with Crippen molar-refractivity contribution in [3.63, 3.8) is 0 Å². The lowest BCUT2D eigenvalue weighted by molar-refractivity contribution is 0.451. The minimum absolute atomic E-state index is 0.393. The zero-order valence-electron chi connectivity index (χ0n) is 11.4. The lowest BCUT2D eigenvalue weighted by Crippen LogP contribution is -2.26. The molecule has 1 unspecified atom stereocenters. The third-order valence-electron chi connectivity index (χ3n) is 4.03. The maximum absolute atomic E-state index is 10.1. The predicted molar refractivity (Wildman–Crippen MR) is 79.3 cm³/mol. The van der Waals surface area contributed by atoms with Gasteiger partial charge in [-0.1, -0.05) is 43.2 Å². The number of hydrogen-bond acceptors (Lipinski definition) is 2. The second-order valence-electron chi connectivity index (χ2n) is 5.75. The summed E-state index contributed by atoms with van der Waals surface area (Å²) in [4.78, 5) is 0. The second-order valence-corrected chi connectivity index (χ2v) is 5.75. The summed E-state index contributed by atoms with van der Waals surface area (Å²) >= 11 is 0. The summed E-state index contributed by atoms with van der Waals surface area (Å²) in [5, 5.41) is 16.0. The van der Waals surface area contributed by atoms with Gasteiger partial charge in [-0.25, -0.2) is 0 Å². The fourth-order valence-electron chi connectivity index (χ4n) is 2.72. The number of aromatic hydroxyl groups is 1. The average molecular weight is 255 g/mol. The van der Waals surface area contributed by atoms with Gasteiger partial charge in [0.2, 0.25) is 0 Å². The topological polar surface area (TPSA) is 32.3 Å². The normalized spacial score (nSPS) is 16.7. The number of rotatable bonds is 5. The predicted octanol–water partition coefficient (Wildman–Crippen LogP) is 3.82. The van der Waals surface area contributed by atoms with Crippen LogP contribution in [0.5, 0.6) is 5.75 Å². The average Bonchev–Trinajstić information content (AvgIpc) is 3.21. The molecule has 0 aromatic heterocycles. The van der Waals surface area contributed by atoms with Gasteiger partial charge < -0.3 is 10.4 Å². The van der Waals surface area contributed by atoms with Crippen LogP contribution in [0.2, 0.25) is 0 Å². The van der Waals surface area contributed by atoms with Gasteiger partial charge in [0.25, 0.3) is 0 Å². The molecule has 2 nitrogen and oxygen atoms in total. The summed E-state index contributed by atoms with van der Waals surface area (Å²) in [6, 6.07) is 12.5. The van der Waals surface area contributed by atoms with Crippen LogP contribution in [0.4, 0.5) is 0 Å². The molecule has 100 valence electrons. The lowest BCUT2D eigenvalue weighted by Gasteiger charge is -2.15. The number of phenols is 1. The first kappa shape index (κ1) is 12.5. The number of phenolic OH excluding ortho intramolecular Hbond substituents is 1. The van der Waals surface area contributed by atoms with Crippen molar-refractivity contribution >= 4 is 10.8 Å². The fourth-order valence-corrected chi connectivity index (χ4v) is 2.72. The molecule has 2 aromatic rings. The number of nitrogens with one attached hydrogen (secondary N) is 1. The molecule has 1 fully saturated rings. The molecule has 0 heterocycles. The van der Waals surface area contributed by atoms with Crippen molar-refractivity contribution in [1.29, 1.82) is 0 Å². The molecular weight excluding hydrogens is 234 g/mol. The van der Waals surface area contributed by atoms with E-state index in [2.05, 4.69) is 24.4 Å². The summed E-state index contributed by atoms with van der Waals surface area (Å²) in [5.41, 5.74) is 1.01. The van der Waals surface area contributed by atoms with E-state index in [4.69, 9.17) is 0 Å². The highest BCUT2D eigenvalue weighted by molar-refractivity contribution is 5.87. The van der Waals surface area contributed by atoms with Crippen LogP contribution in [-0.2, 0) is 6.54 Å². The van der Waals surface area contributed by atoms with Crippen molar-refractivity contribution in [3.05, 3.63) is 42.0 Å². The summed E-state index contributed by atoms with van der Waals surface area (Å²) in [6.45, 7) is 2.97. The maximum Gasteiger partial charge on any atom is 0.120 e. The SMILES string of the molecule is CC(CC1CC1)NCc1c(O)ccc2ccccc12. The van der Waals surface area contributed by atoms with Gasteiger partial charge in [0.1, 0.15) is 5.75 Å². The molecule has 0 spiro atoms. The summed E-state index contributed by atoms with van der Waals surface area (Å²) in [6.07, 6.45) is 4.04. The van der Waals surface area contributed by atoms with Crippen LogP contribution in [0.15, 0.2) is 36.4 Å². The molecule has 3 rings (SSSR count). The Bertz CT molecular complexity index is 574. The third kappa shape index (κ3) is 2.90. The molecule has 1 saturated carbocycles. The maximum atomic E-state index is 10.1. The van der Waals surface area contributed by atoms with Crippen LogP contribution in [0.25, 0.3) is 10.8 Å². The third-order valence-corrected chi connectivity index (χ3v) is 4.03. The second kappa shape index (κ2) is 5.22. The zero-order chi connectivity index (χ0) is 13.2. The van der Waals surface area contributed by atoms with E-state index in [0.717, 1.165) is 23.4 Å². The van der Waals surface area contributed by atoms with Gasteiger partial charge in [-0.05, 0) is 36.1 Å². The molecule has 2 aromatic carbocycles. The van der Waals surface area contributed by atoms with Crippen LogP contribution >= 0.6 is 0 Å². The molecule has 0 aliphatic heterocycles. The summed E-state index contributed by atoms with van der Waals surface area (Å²) < 4.78 is 0. The highest BCUT2D eigenvalue weighted by Gasteiger charge is 2.23. The molecule has 2 heteroatoms. The minimum Gasteiger partial charge on any atom is -0.508 e. The molecule has 0 amide bonds. The van der Waals surface area contributed by atoms with Crippen molar-refractivity contribution in [2.45, 2.75) is 38.8 Å². The fraction of sp³-hybridized carbons (Fsp3) is 0.412. The zero-order valence-corrected chi connectivity index (χ0v) is 11.4. The van der Waals surface area contributed by atoms with Crippen molar-refractivity contribution in [2.75, 3.05) is 0 Å². The largest absolute Gasteiger partial charge is 0.508 e. The van der Waals surface area contributed by atoms with Crippen molar-refractivity contribution in [3.8, 4) is 5.75 Å². The van der Waals surface area contributed by atoms with E-state index in [0.29, 0.717) is 11.8 Å². The van der Waals surface area contributed by atoms with Gasteiger partial charge in [-0.3, -0.25) is 0 Å². The Morgan fingerprint density at radius 1 is 1.21 bits per heavy atom. The molecule has 1 aliphatic carbocycles. The monoisotopic (exact) mass is 255 g/mol. The van der Waals surface area contributed by atoms with Crippen LogP contribution < -0.4 is 5.32 Å². The van der Waals surface area contributed by atoms with E-state index in [-0.39, 0.29) is 0 Å². The molecule has 2 N–H and O–H groups in total. The van der Waals surface area contributed by atoms with E-state index in [1.54, 1.807) is 6.07 Å². The van der Waals surface area contributed by atoms with E-state index < -0.39 is 0 Å². The molecule has 1 atom stereocenters. The van der Waals surface area contributed by atoms with Gasteiger partial charge in [-0.15, -0.1) is 0 Å². The summed E-state index contributed by atoms with van der Waals surface area (Å²) in [7, 11) is 0. The van der Waals surface area contributed by atoms with E-state index in [1.807, 2.05) is 18.2 Å². The first-order chi connectivity index (χ1) is 9.24. The standard InChI is InChI=1S/C17H21NO/c1-12(10-13-6-7-13)18-11-16-15-5-3-2-4-14(15)8-9-17(16)19/h2-5,8-9,12-13,18-19H,6-7,10-11H2,1H3. The molecule has 0 bridgehead atoms. The minimum atomic E-state index is 0.393. The van der Waals surface area contributed by atoms with Gasteiger partial charge in [0, 0.05) is 18.2 Å². The first-order valence-corrected chi connectivity index (χ1v) is 7.17. The van der Waals surface area contributed by atoms with Gasteiger partial charge in [0.15, 0.2) is 0 Å². The van der Waals surface area contributed by atoms with E-state index >= 15 is 0 Å². The van der Waals surface area contributed by atoms with Crippen LogP contribution in [-0.4, -0.2) is 11.1 Å². The van der Waals surface area contributed by atoms with Gasteiger partial charge in [0.05, 0.1) is 0 Å². The van der Waals surface area contributed by atoms with Crippen LogP contribution in [0.1, 0.15) is 31.7 Å². The first-order valence-electron chi connectivity index (χ1n) is 7.17. The Morgan fingerprint density at radius 3 is 2.79 bits per heavy atom. The van der Waals surface area contributed by atoms with E-state index in [9.17, 15) is 5.11 Å². The number of benzene rings is 2. The molecule has 0 saturated heterocycles. The van der Waals surface area contributed by atoms with E-state index in [1.165, 1.54) is 24.6 Å². The van der Waals surface area contributed by atoms with Gasteiger partial charge >= 0.3 is 0 Å². The molecular formula is C17H21NO. The highest BCUT2D eigenvalue weighted by atomic mass is 16.3. The highest BCUT2D eigenvalue weighted by Crippen LogP contribution is 2.33. The Kier molecular flexibility index (Phi) is 3.43. The summed E-state index contributed by atoms with van der Waals surface area (Å²) in [5.74, 6) is 1.33. The van der Waals surface area contributed by atoms with Crippen LogP contribution in [0.3, 0.4) is 0 Å².